The molecule has 80 valence electrons. The fourth-order valence-electron chi connectivity index (χ4n) is 3.34. The van der Waals surface area contributed by atoms with Crippen molar-refractivity contribution in [3.8, 4) is 0 Å². The summed E-state index contributed by atoms with van der Waals surface area (Å²) in [4.78, 5) is 27.3. The number of hydrogen-bond donors (Lipinski definition) is 0. The molecule has 0 aromatic carbocycles. The summed E-state index contributed by atoms with van der Waals surface area (Å²) < 4.78 is 0. The van der Waals surface area contributed by atoms with Crippen LogP contribution in [0.1, 0.15) is 6.92 Å². The Morgan fingerprint density at radius 2 is 1.93 bits per heavy atom. The molecular formula is C11H14N2O2. The zero-order valence-electron chi connectivity index (χ0n) is 9.10. The average molecular weight is 206 g/mol. The standard InChI is InChI=1S/C11H14N2O2/c1-11-5-4-6(13(11)3)7-8(11)10(15)12(2)9(7)14/h4-8H,1-3H3. The number of rotatable bonds is 0. The van der Waals surface area contributed by atoms with E-state index < -0.39 is 0 Å². The number of nitrogens with zero attached hydrogens (tertiary/aromatic N) is 2. The number of hydrogen-bond acceptors (Lipinski definition) is 3. The molecule has 3 heterocycles. The molecule has 0 radical (unpaired) electrons. The van der Waals surface area contributed by atoms with E-state index in [1.165, 1.54) is 4.90 Å². The molecule has 0 aliphatic carbocycles. The second kappa shape index (κ2) is 2.32. The second-order valence-corrected chi connectivity index (χ2v) is 4.93. The SMILES string of the molecule is CN1C(=O)C2C3C=CC(C)(C2C1=O)N3C. The average Bonchev–Trinajstić information content (AvgIpc) is 2.70. The van der Waals surface area contributed by atoms with Gasteiger partial charge in [-0.2, -0.15) is 0 Å². The number of likely N-dealkylation sites (N-methyl/N-ethyl adjacent to an activating group) is 1. The minimum Gasteiger partial charge on any atom is -0.289 e. The van der Waals surface area contributed by atoms with Gasteiger partial charge in [-0.05, 0) is 14.0 Å². The maximum absolute atomic E-state index is 12.0. The maximum Gasteiger partial charge on any atom is 0.235 e. The van der Waals surface area contributed by atoms with Gasteiger partial charge in [0.25, 0.3) is 0 Å². The van der Waals surface area contributed by atoms with Gasteiger partial charge < -0.3 is 0 Å². The Bertz CT molecular complexity index is 403. The Morgan fingerprint density at radius 3 is 2.53 bits per heavy atom. The van der Waals surface area contributed by atoms with Crippen molar-refractivity contribution in [1.29, 1.82) is 0 Å². The first-order valence-corrected chi connectivity index (χ1v) is 5.22. The van der Waals surface area contributed by atoms with E-state index in [2.05, 4.69) is 17.1 Å². The van der Waals surface area contributed by atoms with E-state index in [1.807, 2.05) is 14.0 Å². The number of carbonyl (C=O) groups is 2. The number of likely N-dealkylation sites (tertiary alicyclic amines) is 1. The first-order valence-electron chi connectivity index (χ1n) is 5.22. The molecule has 2 fully saturated rings. The van der Waals surface area contributed by atoms with Gasteiger partial charge in [-0.1, -0.05) is 12.2 Å². The van der Waals surface area contributed by atoms with Gasteiger partial charge in [0.15, 0.2) is 0 Å². The Balaban J connectivity index is 2.15. The third-order valence-electron chi connectivity index (χ3n) is 4.41. The summed E-state index contributed by atoms with van der Waals surface area (Å²) in [5, 5.41) is 0. The molecule has 4 unspecified atom stereocenters. The van der Waals surface area contributed by atoms with Crippen molar-refractivity contribution in [2.75, 3.05) is 14.1 Å². The van der Waals surface area contributed by atoms with Crippen molar-refractivity contribution in [3.63, 3.8) is 0 Å². The normalized spacial score (nSPS) is 48.2. The predicted molar refractivity (Wildman–Crippen MR) is 53.9 cm³/mol. The largest absolute Gasteiger partial charge is 0.289 e. The molecule has 15 heavy (non-hydrogen) atoms. The summed E-state index contributed by atoms with van der Waals surface area (Å²) in [6, 6.07) is 0.112. The maximum atomic E-state index is 12.0. The van der Waals surface area contributed by atoms with Crippen LogP contribution in [-0.2, 0) is 9.59 Å². The summed E-state index contributed by atoms with van der Waals surface area (Å²) in [5.41, 5.74) is -0.257. The quantitative estimate of drug-likeness (QED) is 0.409. The summed E-state index contributed by atoms with van der Waals surface area (Å²) in [6.07, 6.45) is 4.13. The molecule has 4 heteroatoms. The summed E-state index contributed by atoms with van der Waals surface area (Å²) in [5.74, 6) is -0.362. The van der Waals surface area contributed by atoms with Crippen LogP contribution in [0, 0.1) is 11.8 Å². The number of imide groups is 1. The van der Waals surface area contributed by atoms with Crippen molar-refractivity contribution in [3.05, 3.63) is 12.2 Å². The molecule has 2 bridgehead atoms. The minimum atomic E-state index is -0.257. The molecule has 2 amide bonds. The lowest BCUT2D eigenvalue weighted by Crippen LogP contribution is -2.44. The number of carbonyl (C=O) groups excluding carboxylic acids is 2. The van der Waals surface area contributed by atoms with Gasteiger partial charge in [0.05, 0.1) is 11.8 Å². The van der Waals surface area contributed by atoms with E-state index in [-0.39, 0.29) is 35.2 Å². The van der Waals surface area contributed by atoms with Crippen molar-refractivity contribution >= 4 is 11.8 Å². The van der Waals surface area contributed by atoms with E-state index in [0.29, 0.717) is 0 Å². The highest BCUT2D eigenvalue weighted by Crippen LogP contribution is 2.52. The van der Waals surface area contributed by atoms with Crippen LogP contribution in [0.3, 0.4) is 0 Å². The third-order valence-corrected chi connectivity index (χ3v) is 4.41. The van der Waals surface area contributed by atoms with Crippen LogP contribution in [0.25, 0.3) is 0 Å². The van der Waals surface area contributed by atoms with Gasteiger partial charge in [0.2, 0.25) is 11.8 Å². The van der Waals surface area contributed by atoms with Gasteiger partial charge in [-0.15, -0.1) is 0 Å². The summed E-state index contributed by atoms with van der Waals surface area (Å²) in [7, 11) is 3.58. The van der Waals surface area contributed by atoms with E-state index >= 15 is 0 Å². The fraction of sp³-hybridized carbons (Fsp3) is 0.636. The highest BCUT2D eigenvalue weighted by atomic mass is 16.2. The monoisotopic (exact) mass is 206 g/mol. The molecule has 0 aromatic heterocycles. The number of amides is 2. The van der Waals surface area contributed by atoms with Crippen LogP contribution in [0.5, 0.6) is 0 Å². The third kappa shape index (κ3) is 0.750. The Labute approximate surface area is 88.5 Å². The van der Waals surface area contributed by atoms with E-state index in [9.17, 15) is 9.59 Å². The zero-order chi connectivity index (χ0) is 11.0. The highest BCUT2D eigenvalue weighted by Gasteiger charge is 2.66. The Morgan fingerprint density at radius 1 is 1.27 bits per heavy atom. The van der Waals surface area contributed by atoms with E-state index in [4.69, 9.17) is 0 Å². The minimum absolute atomic E-state index is 0.0186. The van der Waals surface area contributed by atoms with Gasteiger partial charge >= 0.3 is 0 Å². The van der Waals surface area contributed by atoms with Crippen molar-refractivity contribution in [2.45, 2.75) is 18.5 Å². The highest BCUT2D eigenvalue weighted by molar-refractivity contribution is 6.07. The molecule has 2 saturated heterocycles. The fourth-order valence-corrected chi connectivity index (χ4v) is 3.34. The smallest absolute Gasteiger partial charge is 0.235 e. The molecule has 0 spiro atoms. The molecule has 0 N–H and O–H groups in total. The Hall–Kier alpha value is -1.16. The topological polar surface area (TPSA) is 40.6 Å². The first kappa shape index (κ1) is 9.09. The first-order chi connectivity index (χ1) is 6.98. The van der Waals surface area contributed by atoms with Crippen LogP contribution in [0.2, 0.25) is 0 Å². The molecule has 4 atom stereocenters. The van der Waals surface area contributed by atoms with Crippen LogP contribution in [0.4, 0.5) is 0 Å². The van der Waals surface area contributed by atoms with Crippen LogP contribution in [0.15, 0.2) is 12.2 Å². The van der Waals surface area contributed by atoms with Gasteiger partial charge in [-0.3, -0.25) is 19.4 Å². The summed E-state index contributed by atoms with van der Waals surface area (Å²) in [6.45, 7) is 2.04. The molecule has 0 saturated carbocycles. The van der Waals surface area contributed by atoms with Gasteiger partial charge in [0.1, 0.15) is 0 Å². The predicted octanol–water partition coefficient (Wildman–Crippen LogP) is -0.140. The lowest BCUT2D eigenvalue weighted by Gasteiger charge is -2.30. The second-order valence-electron chi connectivity index (χ2n) is 4.93. The van der Waals surface area contributed by atoms with Gasteiger partial charge in [0, 0.05) is 18.6 Å². The number of fused-ring (bicyclic) bond motifs is 5. The zero-order valence-corrected chi connectivity index (χ0v) is 9.10. The molecule has 0 aromatic rings. The molecule has 3 aliphatic heterocycles. The molecular weight excluding hydrogens is 192 g/mol. The van der Waals surface area contributed by atoms with Crippen molar-refractivity contribution in [2.24, 2.45) is 11.8 Å². The molecule has 4 nitrogen and oxygen atoms in total. The van der Waals surface area contributed by atoms with E-state index in [1.54, 1.807) is 7.05 Å². The van der Waals surface area contributed by atoms with E-state index in [0.717, 1.165) is 0 Å². The van der Waals surface area contributed by atoms with Crippen molar-refractivity contribution < 1.29 is 9.59 Å². The lowest BCUT2D eigenvalue weighted by molar-refractivity contribution is -0.139. The molecule has 3 aliphatic rings. The van der Waals surface area contributed by atoms with Crippen molar-refractivity contribution in [1.82, 2.24) is 9.80 Å². The molecule has 3 rings (SSSR count). The Kier molecular flexibility index (Phi) is 1.41. The summed E-state index contributed by atoms with van der Waals surface area (Å²) >= 11 is 0. The van der Waals surface area contributed by atoms with Crippen LogP contribution >= 0.6 is 0 Å². The van der Waals surface area contributed by atoms with Crippen LogP contribution in [-0.4, -0.2) is 47.3 Å². The lowest BCUT2D eigenvalue weighted by atomic mass is 9.78. The van der Waals surface area contributed by atoms with Gasteiger partial charge in [-0.25, -0.2) is 0 Å². The van der Waals surface area contributed by atoms with Crippen LogP contribution < -0.4 is 0 Å².